The minimum Gasteiger partial charge on any atom is -0.338 e. The van der Waals surface area contributed by atoms with E-state index >= 15 is 0 Å². The molecule has 0 radical (unpaired) electrons. The van der Waals surface area contributed by atoms with Gasteiger partial charge in [-0.1, -0.05) is 30.3 Å². The van der Waals surface area contributed by atoms with E-state index in [-0.39, 0.29) is 16.7 Å². The standard InChI is InChI=1S/C22H18N4O2S/c1-14(22(28)24-16-7-3-2-4-8-16)29-13-15-11-20(27)26-19-10-6-5-9-18(19)25-21(26)17(15)12-23/h2-11,14,25H,13H2,1H3,(H,24,28)/t14-/m0/s1. The molecule has 4 aromatic rings. The maximum atomic E-state index is 12.7. The lowest BCUT2D eigenvalue weighted by atomic mass is 10.1. The van der Waals surface area contributed by atoms with Crippen LogP contribution in [0.3, 0.4) is 0 Å². The molecule has 0 unspecified atom stereocenters. The van der Waals surface area contributed by atoms with E-state index in [0.717, 1.165) is 16.7 Å². The number of benzene rings is 2. The van der Waals surface area contributed by atoms with Crippen LogP contribution in [0.4, 0.5) is 5.69 Å². The number of amides is 1. The smallest absolute Gasteiger partial charge is 0.257 e. The van der Waals surface area contributed by atoms with Crippen molar-refractivity contribution in [3.8, 4) is 6.07 Å². The predicted octanol–water partition coefficient (Wildman–Crippen LogP) is 3.91. The Bertz CT molecular complexity index is 1300. The van der Waals surface area contributed by atoms with Gasteiger partial charge in [0.05, 0.1) is 21.8 Å². The van der Waals surface area contributed by atoms with E-state index in [1.54, 1.807) is 0 Å². The van der Waals surface area contributed by atoms with Crippen LogP contribution in [-0.4, -0.2) is 20.5 Å². The number of nitriles is 1. The second-order valence-corrected chi connectivity index (χ2v) is 7.96. The maximum absolute atomic E-state index is 12.7. The van der Waals surface area contributed by atoms with Crippen LogP contribution in [0.2, 0.25) is 0 Å². The Kier molecular flexibility index (Phi) is 5.10. The minimum atomic E-state index is -0.345. The maximum Gasteiger partial charge on any atom is 0.257 e. The average molecular weight is 402 g/mol. The van der Waals surface area contributed by atoms with Gasteiger partial charge in [0.2, 0.25) is 5.91 Å². The zero-order valence-electron chi connectivity index (χ0n) is 15.7. The van der Waals surface area contributed by atoms with Crippen LogP contribution < -0.4 is 10.9 Å². The summed E-state index contributed by atoms with van der Waals surface area (Å²) in [7, 11) is 0. The first-order chi connectivity index (χ1) is 14.1. The molecule has 7 heteroatoms. The fraction of sp³-hybridized carbons (Fsp3) is 0.136. The predicted molar refractivity (Wildman–Crippen MR) is 116 cm³/mol. The van der Waals surface area contributed by atoms with Crippen molar-refractivity contribution >= 4 is 40.0 Å². The number of rotatable bonds is 5. The van der Waals surface area contributed by atoms with E-state index in [9.17, 15) is 14.9 Å². The second kappa shape index (κ2) is 7.86. The number of pyridine rings is 1. The number of hydrogen-bond donors (Lipinski definition) is 2. The normalized spacial score (nSPS) is 12.0. The lowest BCUT2D eigenvalue weighted by molar-refractivity contribution is -0.115. The Balaban J connectivity index is 1.59. The van der Waals surface area contributed by atoms with Gasteiger partial charge in [-0.3, -0.25) is 14.0 Å². The monoisotopic (exact) mass is 402 g/mol. The number of carbonyl (C=O) groups is 1. The van der Waals surface area contributed by atoms with Gasteiger partial charge < -0.3 is 10.3 Å². The molecule has 0 saturated heterocycles. The highest BCUT2D eigenvalue weighted by Crippen LogP contribution is 2.24. The molecule has 0 aliphatic carbocycles. The summed E-state index contributed by atoms with van der Waals surface area (Å²) in [6.45, 7) is 1.81. The average Bonchev–Trinajstić information content (AvgIpc) is 3.12. The summed E-state index contributed by atoms with van der Waals surface area (Å²) >= 11 is 1.39. The summed E-state index contributed by atoms with van der Waals surface area (Å²) in [5, 5.41) is 12.3. The lowest BCUT2D eigenvalue weighted by Crippen LogP contribution is -2.22. The molecule has 0 bridgehead atoms. The first-order valence-corrected chi connectivity index (χ1v) is 10.2. The Hall–Kier alpha value is -3.50. The molecule has 1 atom stereocenters. The molecule has 2 N–H and O–H groups in total. The molecule has 0 spiro atoms. The molecule has 6 nitrogen and oxygen atoms in total. The Morgan fingerprint density at radius 3 is 2.69 bits per heavy atom. The zero-order valence-corrected chi connectivity index (χ0v) is 16.5. The first kappa shape index (κ1) is 18.8. The number of fused-ring (bicyclic) bond motifs is 3. The molecular weight excluding hydrogens is 384 g/mol. The van der Waals surface area contributed by atoms with E-state index in [1.165, 1.54) is 22.2 Å². The van der Waals surface area contributed by atoms with E-state index in [1.807, 2.05) is 61.5 Å². The van der Waals surface area contributed by atoms with Gasteiger partial charge in [0.15, 0.2) is 0 Å². The molecule has 0 aliphatic heterocycles. The van der Waals surface area contributed by atoms with Crippen LogP contribution in [-0.2, 0) is 10.5 Å². The molecule has 0 saturated carbocycles. The van der Waals surface area contributed by atoms with Crippen molar-refractivity contribution in [2.45, 2.75) is 17.9 Å². The molecule has 1 amide bonds. The van der Waals surface area contributed by atoms with Gasteiger partial charge in [-0.05, 0) is 36.8 Å². The van der Waals surface area contributed by atoms with Crippen molar-refractivity contribution in [2.75, 3.05) is 5.32 Å². The second-order valence-electron chi connectivity index (χ2n) is 6.63. The number of anilines is 1. The summed E-state index contributed by atoms with van der Waals surface area (Å²) in [5.41, 5.74) is 3.59. The third kappa shape index (κ3) is 3.62. The molecule has 4 rings (SSSR count). The number of imidazole rings is 1. The van der Waals surface area contributed by atoms with Gasteiger partial charge in [-0.2, -0.15) is 5.26 Å². The number of carbonyl (C=O) groups excluding carboxylic acids is 1. The largest absolute Gasteiger partial charge is 0.338 e. The van der Waals surface area contributed by atoms with E-state index in [4.69, 9.17) is 0 Å². The van der Waals surface area contributed by atoms with Crippen LogP contribution in [0, 0.1) is 11.3 Å². The number of H-pyrrole nitrogens is 1. The SMILES string of the molecule is C[C@H](SCc1cc(=O)n2c([nH]c3ccccc32)c1C#N)C(=O)Nc1ccccc1. The number of para-hydroxylation sites is 3. The summed E-state index contributed by atoms with van der Waals surface area (Å²) in [5.74, 6) is 0.260. The molecular formula is C22H18N4O2S. The molecule has 2 heterocycles. The van der Waals surface area contributed by atoms with Crippen molar-refractivity contribution in [3.63, 3.8) is 0 Å². The van der Waals surface area contributed by atoms with Crippen LogP contribution in [0.25, 0.3) is 16.7 Å². The van der Waals surface area contributed by atoms with Crippen LogP contribution >= 0.6 is 11.8 Å². The van der Waals surface area contributed by atoms with Crippen LogP contribution in [0.15, 0.2) is 65.5 Å². The van der Waals surface area contributed by atoms with Crippen molar-refractivity contribution in [1.82, 2.24) is 9.38 Å². The first-order valence-electron chi connectivity index (χ1n) is 9.11. The summed E-state index contributed by atoms with van der Waals surface area (Å²) in [6.07, 6.45) is 0. The fourth-order valence-corrected chi connectivity index (χ4v) is 4.08. The van der Waals surface area contributed by atoms with Crippen molar-refractivity contribution in [1.29, 1.82) is 5.26 Å². The third-order valence-corrected chi connectivity index (χ3v) is 5.90. The van der Waals surface area contributed by atoms with Crippen LogP contribution in [0.1, 0.15) is 18.1 Å². The number of nitrogens with one attached hydrogen (secondary N) is 2. The Morgan fingerprint density at radius 1 is 1.21 bits per heavy atom. The Labute approximate surface area is 171 Å². The molecule has 2 aromatic carbocycles. The number of thioether (sulfide) groups is 1. The summed E-state index contributed by atoms with van der Waals surface area (Å²) in [4.78, 5) is 28.3. The van der Waals surface area contributed by atoms with Crippen LogP contribution in [0.5, 0.6) is 0 Å². The molecule has 0 aliphatic rings. The number of hydrogen-bond acceptors (Lipinski definition) is 4. The fourth-order valence-electron chi connectivity index (χ4n) is 3.21. The molecule has 29 heavy (non-hydrogen) atoms. The van der Waals surface area contributed by atoms with Crippen molar-refractivity contribution in [3.05, 3.63) is 82.1 Å². The van der Waals surface area contributed by atoms with Crippen molar-refractivity contribution < 1.29 is 4.79 Å². The quantitative estimate of drug-likeness (QED) is 0.529. The van der Waals surface area contributed by atoms with Gasteiger partial charge in [0.25, 0.3) is 5.56 Å². The summed E-state index contributed by atoms with van der Waals surface area (Å²) in [6, 6.07) is 20.4. The van der Waals surface area contributed by atoms with E-state index in [2.05, 4.69) is 16.4 Å². The van der Waals surface area contributed by atoms with Gasteiger partial charge in [0, 0.05) is 17.5 Å². The summed E-state index contributed by atoms with van der Waals surface area (Å²) < 4.78 is 1.52. The molecule has 144 valence electrons. The number of nitrogens with zero attached hydrogens (tertiary/aromatic N) is 2. The highest BCUT2D eigenvalue weighted by Gasteiger charge is 2.18. The topological polar surface area (TPSA) is 90.2 Å². The number of aromatic nitrogens is 2. The van der Waals surface area contributed by atoms with Gasteiger partial charge in [-0.25, -0.2) is 0 Å². The van der Waals surface area contributed by atoms with E-state index < -0.39 is 0 Å². The van der Waals surface area contributed by atoms with Gasteiger partial charge >= 0.3 is 0 Å². The highest BCUT2D eigenvalue weighted by atomic mass is 32.2. The number of aromatic amines is 1. The van der Waals surface area contributed by atoms with Crippen molar-refractivity contribution in [2.24, 2.45) is 0 Å². The molecule has 2 aromatic heterocycles. The van der Waals surface area contributed by atoms with Gasteiger partial charge in [-0.15, -0.1) is 11.8 Å². The highest BCUT2D eigenvalue weighted by molar-refractivity contribution is 7.99. The van der Waals surface area contributed by atoms with Gasteiger partial charge in [0.1, 0.15) is 11.7 Å². The minimum absolute atomic E-state index is 0.122. The third-order valence-electron chi connectivity index (χ3n) is 4.71. The van der Waals surface area contributed by atoms with E-state index in [0.29, 0.717) is 22.5 Å². The Morgan fingerprint density at radius 2 is 1.93 bits per heavy atom. The lowest BCUT2D eigenvalue weighted by Gasteiger charge is -2.13. The zero-order chi connectivity index (χ0) is 20.4. The molecule has 0 fully saturated rings.